The molecule has 0 amide bonds. The van der Waals surface area contributed by atoms with Crippen molar-refractivity contribution in [1.82, 2.24) is 29.1 Å². The fraction of sp³-hybridized carbons (Fsp3) is 0.292. The highest BCUT2D eigenvalue weighted by Crippen LogP contribution is 2.19. The highest BCUT2D eigenvalue weighted by Gasteiger charge is 2.19. The highest BCUT2D eigenvalue weighted by molar-refractivity contribution is 7.71. The third-order valence-corrected chi connectivity index (χ3v) is 6.32. The molecule has 3 heterocycles. The second kappa shape index (κ2) is 8.70. The van der Waals surface area contributed by atoms with Crippen LogP contribution in [0.1, 0.15) is 11.4 Å². The number of hydrogen-bond acceptors (Lipinski definition) is 5. The lowest BCUT2D eigenvalue weighted by atomic mass is 10.1. The Hall–Kier alpha value is -2.87. The number of benzene rings is 2. The molecule has 7 heteroatoms. The summed E-state index contributed by atoms with van der Waals surface area (Å²) >= 11 is 5.74. The molecule has 6 nitrogen and oxygen atoms in total. The Morgan fingerprint density at radius 1 is 0.871 bits per heavy atom. The molecule has 1 aliphatic rings. The van der Waals surface area contributed by atoms with Crippen LogP contribution in [0.2, 0.25) is 0 Å². The number of hydrogen-bond donors (Lipinski definition) is 0. The molecule has 5 rings (SSSR count). The van der Waals surface area contributed by atoms with E-state index in [1.165, 1.54) is 10.9 Å². The van der Waals surface area contributed by atoms with Crippen LogP contribution in [0.5, 0.6) is 0 Å². The van der Waals surface area contributed by atoms with Gasteiger partial charge in [0, 0.05) is 50.0 Å². The lowest BCUT2D eigenvalue weighted by Crippen LogP contribution is -2.46. The van der Waals surface area contributed by atoms with Crippen molar-refractivity contribution in [1.29, 1.82) is 0 Å². The summed E-state index contributed by atoms with van der Waals surface area (Å²) in [5.41, 5.74) is 3.47. The van der Waals surface area contributed by atoms with Gasteiger partial charge in [0.25, 0.3) is 0 Å². The molecule has 0 N–H and O–H groups in total. The van der Waals surface area contributed by atoms with Gasteiger partial charge in [0.2, 0.25) is 4.77 Å². The van der Waals surface area contributed by atoms with Crippen molar-refractivity contribution < 1.29 is 0 Å². The third-order valence-electron chi connectivity index (χ3n) is 5.92. The lowest BCUT2D eigenvalue weighted by Gasteiger charge is -2.34. The Balaban J connectivity index is 1.24. The van der Waals surface area contributed by atoms with E-state index in [9.17, 15) is 0 Å². The number of para-hydroxylation sites is 2. The summed E-state index contributed by atoms with van der Waals surface area (Å²) in [7, 11) is 0. The number of pyridine rings is 1. The summed E-state index contributed by atoms with van der Waals surface area (Å²) in [6, 6.07) is 20.8. The Bertz CT molecular complexity index is 1230. The minimum atomic E-state index is 0.725. The van der Waals surface area contributed by atoms with Crippen LogP contribution < -0.4 is 0 Å². The maximum Gasteiger partial charge on any atom is 0.203 e. The molecule has 0 unspecified atom stereocenters. The van der Waals surface area contributed by atoms with E-state index in [0.29, 0.717) is 0 Å². The molecule has 4 aromatic rings. The van der Waals surface area contributed by atoms with Crippen LogP contribution in [0.3, 0.4) is 0 Å². The largest absolute Gasteiger partial charge is 0.296 e. The van der Waals surface area contributed by atoms with E-state index in [0.717, 1.165) is 61.2 Å². The first kappa shape index (κ1) is 20.1. The molecule has 31 heavy (non-hydrogen) atoms. The predicted molar refractivity (Wildman–Crippen MR) is 126 cm³/mol. The van der Waals surface area contributed by atoms with E-state index in [1.54, 1.807) is 0 Å². The van der Waals surface area contributed by atoms with E-state index < -0.39 is 0 Å². The van der Waals surface area contributed by atoms with Crippen LogP contribution >= 0.6 is 12.2 Å². The molecule has 0 radical (unpaired) electrons. The summed E-state index contributed by atoms with van der Waals surface area (Å²) < 4.78 is 4.73. The van der Waals surface area contributed by atoms with Crippen molar-refractivity contribution in [3.05, 3.63) is 83.0 Å². The number of aromatic nitrogens is 4. The number of nitrogens with zero attached hydrogens (tertiary/aromatic N) is 6. The van der Waals surface area contributed by atoms with Gasteiger partial charge in [-0.1, -0.05) is 42.5 Å². The van der Waals surface area contributed by atoms with Crippen LogP contribution in [-0.2, 0) is 13.2 Å². The maximum absolute atomic E-state index is 5.74. The zero-order valence-electron chi connectivity index (χ0n) is 17.7. The van der Waals surface area contributed by atoms with Gasteiger partial charge in [-0.15, -0.1) is 0 Å². The molecule has 158 valence electrons. The fourth-order valence-corrected chi connectivity index (χ4v) is 4.63. The van der Waals surface area contributed by atoms with E-state index >= 15 is 0 Å². The van der Waals surface area contributed by atoms with Gasteiger partial charge in [0.15, 0.2) is 0 Å². The summed E-state index contributed by atoms with van der Waals surface area (Å²) in [6.45, 7) is 7.71. The van der Waals surface area contributed by atoms with E-state index in [-0.39, 0.29) is 0 Å². The van der Waals surface area contributed by atoms with Crippen molar-refractivity contribution >= 4 is 23.1 Å². The summed E-state index contributed by atoms with van der Waals surface area (Å²) in [5.74, 6) is 0.915. The molecular weight excluding hydrogens is 404 g/mol. The third kappa shape index (κ3) is 4.17. The van der Waals surface area contributed by atoms with Crippen LogP contribution in [-0.4, -0.2) is 55.3 Å². The zero-order chi connectivity index (χ0) is 21.2. The molecule has 2 aromatic carbocycles. The molecule has 0 bridgehead atoms. The number of fused-ring (bicyclic) bond motifs is 1. The predicted octanol–water partition coefficient (Wildman–Crippen LogP) is 4.04. The molecule has 0 spiro atoms. The summed E-state index contributed by atoms with van der Waals surface area (Å²) in [4.78, 5) is 9.53. The quantitative estimate of drug-likeness (QED) is 0.447. The van der Waals surface area contributed by atoms with Crippen LogP contribution in [0.15, 0.2) is 66.9 Å². The fourth-order valence-electron chi connectivity index (χ4n) is 4.30. The van der Waals surface area contributed by atoms with Gasteiger partial charge in [0.1, 0.15) is 5.82 Å². The van der Waals surface area contributed by atoms with Crippen molar-refractivity contribution in [2.75, 3.05) is 26.2 Å². The topological polar surface area (TPSA) is 42.1 Å². The molecule has 1 saturated heterocycles. The van der Waals surface area contributed by atoms with E-state index in [1.807, 2.05) is 46.6 Å². The molecule has 0 saturated carbocycles. The van der Waals surface area contributed by atoms with Crippen molar-refractivity contribution in [2.45, 2.75) is 20.1 Å². The van der Waals surface area contributed by atoms with Crippen molar-refractivity contribution in [2.24, 2.45) is 0 Å². The molecular formula is C24H26N6S. The average Bonchev–Trinajstić information content (AvgIpc) is 3.08. The molecule has 1 aliphatic heterocycles. The maximum atomic E-state index is 5.74. The van der Waals surface area contributed by atoms with Gasteiger partial charge in [0.05, 0.1) is 12.2 Å². The van der Waals surface area contributed by atoms with Crippen LogP contribution in [0.25, 0.3) is 16.6 Å². The highest BCUT2D eigenvalue weighted by atomic mass is 32.1. The van der Waals surface area contributed by atoms with Crippen molar-refractivity contribution in [3.63, 3.8) is 0 Å². The van der Waals surface area contributed by atoms with Crippen molar-refractivity contribution in [3.8, 4) is 5.69 Å². The minimum Gasteiger partial charge on any atom is -0.296 e. The minimum absolute atomic E-state index is 0.725. The lowest BCUT2D eigenvalue weighted by molar-refractivity contribution is 0.0982. The number of aryl methyl sites for hydroxylation is 1. The molecule has 0 atom stereocenters. The van der Waals surface area contributed by atoms with Gasteiger partial charge < -0.3 is 0 Å². The molecule has 1 fully saturated rings. The first-order valence-corrected chi connectivity index (χ1v) is 11.1. The average molecular weight is 431 g/mol. The smallest absolute Gasteiger partial charge is 0.203 e. The SMILES string of the molecule is Cc1nn(CN2CCN(Cc3cccc4cccnc34)CC2)c(=S)n1-c1ccccc1. The van der Waals surface area contributed by atoms with Gasteiger partial charge in [-0.25, -0.2) is 4.68 Å². The first-order valence-electron chi connectivity index (χ1n) is 10.7. The Kier molecular flexibility index (Phi) is 5.63. The van der Waals surface area contributed by atoms with Gasteiger partial charge >= 0.3 is 0 Å². The molecule has 0 aliphatic carbocycles. The van der Waals surface area contributed by atoms with Crippen LogP contribution in [0.4, 0.5) is 0 Å². The van der Waals surface area contributed by atoms with Gasteiger partial charge in [-0.3, -0.25) is 19.4 Å². The van der Waals surface area contributed by atoms with E-state index in [4.69, 9.17) is 17.3 Å². The summed E-state index contributed by atoms with van der Waals surface area (Å²) in [6.07, 6.45) is 1.88. The number of rotatable bonds is 5. The monoisotopic (exact) mass is 430 g/mol. The van der Waals surface area contributed by atoms with Gasteiger partial charge in [-0.2, -0.15) is 5.10 Å². The van der Waals surface area contributed by atoms with Crippen LogP contribution in [0, 0.1) is 11.7 Å². The first-order chi connectivity index (χ1) is 15.2. The molecule has 2 aromatic heterocycles. The standard InChI is InChI=1S/C24H26N6S/c1-19-26-29(24(31)30(19)22-10-3-2-4-11-22)18-28-15-13-27(14-16-28)17-21-8-5-7-20-9-6-12-25-23(20)21/h2-12H,13-18H2,1H3. The Morgan fingerprint density at radius 2 is 1.61 bits per heavy atom. The normalized spacial score (nSPS) is 15.5. The van der Waals surface area contributed by atoms with Gasteiger partial charge in [-0.05, 0) is 42.9 Å². The Labute approximate surface area is 187 Å². The summed E-state index contributed by atoms with van der Waals surface area (Å²) in [5, 5.41) is 5.92. The number of piperazine rings is 1. The van der Waals surface area contributed by atoms with E-state index in [2.05, 4.69) is 51.2 Å². The second-order valence-corrected chi connectivity index (χ2v) is 8.39. The second-order valence-electron chi connectivity index (χ2n) is 8.03. The zero-order valence-corrected chi connectivity index (χ0v) is 18.5. The Morgan fingerprint density at radius 3 is 2.42 bits per heavy atom.